The van der Waals surface area contributed by atoms with Gasteiger partial charge in [0.05, 0.1) is 11.4 Å². The summed E-state index contributed by atoms with van der Waals surface area (Å²) in [4.78, 5) is 10.3. The fourth-order valence-corrected chi connectivity index (χ4v) is 8.79. The number of benzene rings is 8. The lowest BCUT2D eigenvalue weighted by Gasteiger charge is -2.14. The largest absolute Gasteiger partial charge is 0.228 e. The Balaban J connectivity index is 1.25. The number of fused-ring (bicyclic) bond motifs is 5. The van der Waals surface area contributed by atoms with Gasteiger partial charge in [-0.15, -0.1) is 11.3 Å². The van der Waals surface area contributed by atoms with E-state index in [4.69, 9.17) is 9.97 Å². The molecular weight excluding hydrogens is 661 g/mol. The molecule has 0 amide bonds. The number of hydrogen-bond donors (Lipinski definition) is 0. The second-order valence-electron chi connectivity index (χ2n) is 13.4. The van der Waals surface area contributed by atoms with Crippen molar-refractivity contribution < 1.29 is 0 Å². The van der Waals surface area contributed by atoms with E-state index in [1.165, 1.54) is 47.6 Å². The van der Waals surface area contributed by atoms with E-state index in [0.29, 0.717) is 5.82 Å². The molecule has 0 radical (unpaired) electrons. The highest BCUT2D eigenvalue weighted by atomic mass is 32.1. The Morgan fingerprint density at radius 2 is 0.868 bits per heavy atom. The van der Waals surface area contributed by atoms with Crippen molar-refractivity contribution >= 4 is 42.3 Å². The highest BCUT2D eigenvalue weighted by Crippen LogP contribution is 2.46. The molecule has 0 atom stereocenters. The molecule has 2 aromatic heterocycles. The number of nitrogens with zero attached hydrogens (tertiary/aromatic N) is 2. The van der Waals surface area contributed by atoms with Crippen LogP contribution in [0.15, 0.2) is 194 Å². The second-order valence-corrected chi connectivity index (χ2v) is 14.4. The van der Waals surface area contributed by atoms with Gasteiger partial charge in [0.15, 0.2) is 5.82 Å². The van der Waals surface area contributed by atoms with Gasteiger partial charge in [-0.25, -0.2) is 9.97 Å². The van der Waals surface area contributed by atoms with Crippen molar-refractivity contribution in [1.82, 2.24) is 9.97 Å². The monoisotopic (exact) mass is 692 g/mol. The lowest BCUT2D eigenvalue weighted by Crippen LogP contribution is -1.96. The van der Waals surface area contributed by atoms with Gasteiger partial charge in [-0.1, -0.05) is 158 Å². The Kier molecular flexibility index (Phi) is 7.71. The van der Waals surface area contributed by atoms with E-state index in [1.807, 2.05) is 35.6 Å². The first kappa shape index (κ1) is 31.1. The van der Waals surface area contributed by atoms with Gasteiger partial charge in [0.1, 0.15) is 0 Å². The topological polar surface area (TPSA) is 25.8 Å². The van der Waals surface area contributed by atoms with Crippen LogP contribution in [0.5, 0.6) is 0 Å². The molecule has 3 heteroatoms. The molecule has 53 heavy (non-hydrogen) atoms. The summed E-state index contributed by atoms with van der Waals surface area (Å²) < 4.78 is 2.59. The van der Waals surface area contributed by atoms with E-state index in [2.05, 4.69) is 170 Å². The maximum Gasteiger partial charge on any atom is 0.160 e. The predicted molar refractivity (Wildman–Crippen MR) is 225 cm³/mol. The van der Waals surface area contributed by atoms with Crippen LogP contribution in [0.2, 0.25) is 0 Å². The van der Waals surface area contributed by atoms with Gasteiger partial charge in [0, 0.05) is 42.2 Å². The fourth-order valence-electron chi connectivity index (χ4n) is 7.54. The molecule has 8 aromatic carbocycles. The molecule has 248 valence electrons. The molecule has 0 spiro atoms. The van der Waals surface area contributed by atoms with E-state index >= 15 is 0 Å². The van der Waals surface area contributed by atoms with Crippen LogP contribution >= 0.6 is 11.3 Å². The van der Waals surface area contributed by atoms with Crippen LogP contribution in [0.1, 0.15) is 0 Å². The normalized spacial score (nSPS) is 11.4. The molecule has 0 unspecified atom stereocenters. The lowest BCUT2D eigenvalue weighted by molar-refractivity contribution is 1.18. The van der Waals surface area contributed by atoms with Gasteiger partial charge in [-0.2, -0.15) is 0 Å². The quantitative estimate of drug-likeness (QED) is 0.173. The molecule has 0 aliphatic heterocycles. The van der Waals surface area contributed by atoms with Gasteiger partial charge >= 0.3 is 0 Å². The van der Waals surface area contributed by atoms with Gasteiger partial charge in [0.2, 0.25) is 0 Å². The summed E-state index contributed by atoms with van der Waals surface area (Å²) in [6.45, 7) is 0. The number of rotatable bonds is 6. The first-order valence-corrected chi connectivity index (χ1v) is 18.7. The average Bonchev–Trinajstić information content (AvgIpc) is 3.63. The fraction of sp³-hybridized carbons (Fsp3) is 0. The Hall–Kier alpha value is -6.68. The molecule has 0 N–H and O–H groups in total. The third kappa shape index (κ3) is 5.68. The van der Waals surface area contributed by atoms with Crippen molar-refractivity contribution in [2.45, 2.75) is 0 Å². The predicted octanol–water partition coefficient (Wildman–Crippen LogP) is 14.0. The second kappa shape index (κ2) is 13.1. The minimum atomic E-state index is 0.708. The van der Waals surface area contributed by atoms with E-state index in [1.54, 1.807) is 0 Å². The highest BCUT2D eigenvalue weighted by Gasteiger charge is 2.18. The Bertz CT molecular complexity index is 2860. The summed E-state index contributed by atoms with van der Waals surface area (Å²) in [7, 11) is 0. The Morgan fingerprint density at radius 1 is 0.321 bits per heavy atom. The summed E-state index contributed by atoms with van der Waals surface area (Å²) in [6.07, 6.45) is 0. The van der Waals surface area contributed by atoms with E-state index in [-0.39, 0.29) is 0 Å². The number of aromatic nitrogens is 2. The van der Waals surface area contributed by atoms with Crippen LogP contribution in [0.3, 0.4) is 0 Å². The van der Waals surface area contributed by atoms with Gasteiger partial charge in [0.25, 0.3) is 0 Å². The van der Waals surface area contributed by atoms with Crippen LogP contribution in [-0.2, 0) is 0 Å². The van der Waals surface area contributed by atoms with E-state index in [0.717, 1.165) is 44.8 Å². The summed E-state index contributed by atoms with van der Waals surface area (Å²) >= 11 is 1.88. The smallest absolute Gasteiger partial charge is 0.160 e. The molecule has 10 aromatic rings. The molecular formula is C50H32N2S. The maximum atomic E-state index is 5.24. The van der Waals surface area contributed by atoms with Crippen LogP contribution in [0, 0.1) is 0 Å². The third-order valence-corrected chi connectivity index (χ3v) is 11.3. The molecule has 10 rings (SSSR count). The minimum absolute atomic E-state index is 0.708. The molecule has 0 bridgehead atoms. The van der Waals surface area contributed by atoms with Crippen molar-refractivity contribution in [2.24, 2.45) is 0 Å². The molecule has 0 saturated carbocycles. The van der Waals surface area contributed by atoms with Crippen molar-refractivity contribution in [1.29, 1.82) is 0 Å². The molecule has 0 fully saturated rings. The molecule has 0 aliphatic rings. The first-order valence-electron chi connectivity index (χ1n) is 17.9. The summed E-state index contributed by atoms with van der Waals surface area (Å²) in [6, 6.07) is 69.2. The molecule has 0 saturated heterocycles. The molecule has 2 heterocycles. The van der Waals surface area contributed by atoms with Crippen LogP contribution in [0.4, 0.5) is 0 Å². The van der Waals surface area contributed by atoms with Crippen molar-refractivity contribution in [3.8, 4) is 67.3 Å². The van der Waals surface area contributed by atoms with Crippen molar-refractivity contribution in [3.05, 3.63) is 194 Å². The van der Waals surface area contributed by atoms with E-state index < -0.39 is 0 Å². The lowest BCUT2D eigenvalue weighted by atomic mass is 9.91. The minimum Gasteiger partial charge on any atom is -0.228 e. The van der Waals surface area contributed by atoms with E-state index in [9.17, 15) is 0 Å². The first-order chi connectivity index (χ1) is 26.3. The summed E-state index contributed by atoms with van der Waals surface area (Å²) in [5, 5.41) is 5.13. The van der Waals surface area contributed by atoms with Crippen LogP contribution in [0.25, 0.3) is 98.2 Å². The summed E-state index contributed by atoms with van der Waals surface area (Å²) in [5.41, 5.74) is 12.0. The number of thiophene rings is 1. The van der Waals surface area contributed by atoms with Crippen molar-refractivity contribution in [2.75, 3.05) is 0 Å². The highest BCUT2D eigenvalue weighted by molar-refractivity contribution is 7.26. The van der Waals surface area contributed by atoms with Gasteiger partial charge in [-0.05, 0) is 75.2 Å². The molecule has 2 nitrogen and oxygen atoms in total. The average molecular weight is 693 g/mol. The number of hydrogen-bond acceptors (Lipinski definition) is 3. The summed E-state index contributed by atoms with van der Waals surface area (Å²) in [5.74, 6) is 0.708. The van der Waals surface area contributed by atoms with Crippen LogP contribution in [-0.4, -0.2) is 9.97 Å². The third-order valence-electron chi connectivity index (χ3n) is 10.1. The zero-order valence-electron chi connectivity index (χ0n) is 28.8. The standard InChI is InChI=1S/C50H32N2S/c1-5-16-33(17-6-1)37-28-38(30-39(29-37)46-32-45(35-20-9-3-10-21-35)51-50(52-46)36-22-11-4-12-23-36)40-26-15-27-47-48(40)44-31-43(34-18-7-2-8-19-34)41-24-13-14-25-42(41)49(44)53-47/h1-32H. The van der Waals surface area contributed by atoms with Crippen molar-refractivity contribution in [3.63, 3.8) is 0 Å². The van der Waals surface area contributed by atoms with Crippen LogP contribution < -0.4 is 0 Å². The van der Waals surface area contributed by atoms with Gasteiger partial charge < -0.3 is 0 Å². The molecule has 0 aliphatic carbocycles. The Labute approximate surface area is 312 Å². The zero-order valence-corrected chi connectivity index (χ0v) is 29.6. The maximum absolute atomic E-state index is 5.24. The zero-order chi connectivity index (χ0) is 35.1. The Morgan fingerprint density at radius 3 is 1.57 bits per heavy atom. The SMILES string of the molecule is c1ccc(-c2cc(-c3cc(-c4ccccc4)nc(-c4ccccc4)n3)cc(-c3cccc4sc5c6ccccc6c(-c6ccccc6)cc5c34)c2)cc1. The van der Waals surface area contributed by atoms with Gasteiger partial charge in [-0.3, -0.25) is 0 Å².